The highest BCUT2D eigenvalue weighted by Gasteiger charge is 2.18. The van der Waals surface area contributed by atoms with Crippen LogP contribution in [0, 0.1) is 6.92 Å². The van der Waals surface area contributed by atoms with Crippen LogP contribution >= 0.6 is 22.9 Å². The molecule has 1 aromatic heterocycles. The van der Waals surface area contributed by atoms with Gasteiger partial charge in [0, 0.05) is 5.02 Å². The molecular weight excluding hydrogens is 364 g/mol. The number of nitrogens with one attached hydrogen (secondary N) is 1. The van der Waals surface area contributed by atoms with Crippen molar-refractivity contribution in [3.8, 4) is 5.75 Å². The number of aryl methyl sites for hydroxylation is 1. The third kappa shape index (κ3) is 6.03. The van der Waals surface area contributed by atoms with Crippen molar-refractivity contribution < 1.29 is 19.1 Å². The molecule has 1 heterocycles. The van der Waals surface area contributed by atoms with Crippen molar-refractivity contribution in [3.63, 3.8) is 0 Å². The van der Waals surface area contributed by atoms with E-state index in [1.54, 1.807) is 45.0 Å². The van der Waals surface area contributed by atoms with E-state index in [0.29, 0.717) is 26.5 Å². The fraction of sp³-hybridized carbons (Fsp3) is 0.353. The molecule has 6 nitrogen and oxygen atoms in total. The summed E-state index contributed by atoms with van der Waals surface area (Å²) in [4.78, 5) is 28.5. The Kier molecular flexibility index (Phi) is 6.78. The molecule has 8 heteroatoms. The summed E-state index contributed by atoms with van der Waals surface area (Å²) in [7, 11) is 0. The van der Waals surface area contributed by atoms with Gasteiger partial charge in [0.15, 0.2) is 5.13 Å². The Morgan fingerprint density at radius 3 is 2.60 bits per heavy atom. The van der Waals surface area contributed by atoms with Gasteiger partial charge in [0.05, 0.1) is 24.8 Å². The largest absolute Gasteiger partial charge is 0.493 e. The molecule has 25 heavy (non-hydrogen) atoms. The first kappa shape index (κ1) is 19.2. The lowest BCUT2D eigenvalue weighted by atomic mass is 10.3. The number of amides is 1. The summed E-state index contributed by atoms with van der Waals surface area (Å²) in [5.74, 6) is -0.0379. The molecule has 2 aromatic rings. The molecule has 1 N–H and O–H groups in total. The Balaban J connectivity index is 1.84. The average molecular weight is 383 g/mol. The Bertz CT molecular complexity index is 744. The summed E-state index contributed by atoms with van der Waals surface area (Å²) in [5.41, 5.74) is 0.531. The van der Waals surface area contributed by atoms with E-state index >= 15 is 0 Å². The minimum absolute atomic E-state index is 0.160. The fourth-order valence-corrected chi connectivity index (χ4v) is 2.87. The van der Waals surface area contributed by atoms with Crippen LogP contribution in [0.25, 0.3) is 0 Å². The van der Waals surface area contributed by atoms with Crippen LogP contribution in [0.4, 0.5) is 5.13 Å². The smallest absolute Gasteiger partial charge is 0.350 e. The summed E-state index contributed by atoms with van der Waals surface area (Å²) in [6.45, 7) is 5.47. The standard InChI is InChI=1S/C17H19ClN2O4S/c1-10(2)24-16(22)15-11(3)19-17(25-15)20-14(21)8-9-23-13-6-4-12(18)5-7-13/h4-7,10H,8-9H2,1-3H3,(H,19,20,21). The van der Waals surface area contributed by atoms with Crippen LogP contribution in [0.2, 0.25) is 5.02 Å². The van der Waals surface area contributed by atoms with Crippen molar-refractivity contribution in [2.45, 2.75) is 33.3 Å². The van der Waals surface area contributed by atoms with Gasteiger partial charge < -0.3 is 14.8 Å². The number of aromatic nitrogens is 1. The molecule has 134 valence electrons. The molecule has 1 aromatic carbocycles. The molecule has 0 atom stereocenters. The summed E-state index contributed by atoms with van der Waals surface area (Å²) in [6.07, 6.45) is -0.0513. The predicted octanol–water partition coefficient (Wildman–Crippen LogP) is 4.08. The first-order valence-corrected chi connectivity index (χ1v) is 8.91. The second-order valence-electron chi connectivity index (χ2n) is 5.49. The number of halogens is 1. The number of rotatable bonds is 7. The van der Waals surface area contributed by atoms with Gasteiger partial charge in [-0.3, -0.25) is 4.79 Å². The van der Waals surface area contributed by atoms with Gasteiger partial charge in [-0.25, -0.2) is 9.78 Å². The Morgan fingerprint density at radius 2 is 1.96 bits per heavy atom. The zero-order valence-corrected chi connectivity index (χ0v) is 15.7. The van der Waals surface area contributed by atoms with Gasteiger partial charge in [0.2, 0.25) is 5.91 Å². The number of anilines is 1. The van der Waals surface area contributed by atoms with Crippen molar-refractivity contribution in [2.24, 2.45) is 0 Å². The van der Waals surface area contributed by atoms with Crippen LogP contribution in [0.3, 0.4) is 0 Å². The zero-order valence-electron chi connectivity index (χ0n) is 14.2. The number of carbonyl (C=O) groups excluding carboxylic acids is 2. The fourth-order valence-electron chi connectivity index (χ4n) is 1.88. The van der Waals surface area contributed by atoms with Crippen LogP contribution in [0.15, 0.2) is 24.3 Å². The molecule has 0 aliphatic rings. The Hall–Kier alpha value is -2.12. The molecule has 0 aliphatic carbocycles. The molecule has 0 saturated carbocycles. The van der Waals surface area contributed by atoms with Crippen LogP contribution < -0.4 is 10.1 Å². The highest BCUT2D eigenvalue weighted by Crippen LogP contribution is 2.24. The maximum atomic E-state index is 12.0. The maximum Gasteiger partial charge on any atom is 0.350 e. The molecule has 1 amide bonds. The first-order valence-electron chi connectivity index (χ1n) is 7.71. The number of nitrogens with zero attached hydrogens (tertiary/aromatic N) is 1. The van der Waals surface area contributed by atoms with Crippen LogP contribution in [0.1, 0.15) is 35.6 Å². The molecule has 0 saturated heterocycles. The molecule has 0 radical (unpaired) electrons. The van der Waals surface area contributed by atoms with Crippen molar-refractivity contribution >= 4 is 39.9 Å². The Morgan fingerprint density at radius 1 is 1.28 bits per heavy atom. The third-order valence-electron chi connectivity index (χ3n) is 2.98. The van der Waals surface area contributed by atoms with Gasteiger partial charge >= 0.3 is 5.97 Å². The van der Waals surface area contributed by atoms with E-state index in [1.165, 1.54) is 0 Å². The molecule has 2 rings (SSSR count). The minimum atomic E-state index is -0.434. The number of hydrogen-bond donors (Lipinski definition) is 1. The zero-order chi connectivity index (χ0) is 18.4. The van der Waals surface area contributed by atoms with E-state index in [2.05, 4.69) is 10.3 Å². The number of benzene rings is 1. The van der Waals surface area contributed by atoms with E-state index in [4.69, 9.17) is 21.1 Å². The highest BCUT2D eigenvalue weighted by molar-refractivity contribution is 7.17. The number of thiazole rings is 1. The number of hydrogen-bond acceptors (Lipinski definition) is 6. The van der Waals surface area contributed by atoms with Gasteiger partial charge in [-0.1, -0.05) is 22.9 Å². The molecule has 0 fully saturated rings. The summed E-state index contributed by atoms with van der Waals surface area (Å²) >= 11 is 6.89. The monoisotopic (exact) mass is 382 g/mol. The second kappa shape index (κ2) is 8.82. The summed E-state index contributed by atoms with van der Waals surface area (Å²) in [6, 6.07) is 6.90. The SMILES string of the molecule is Cc1nc(NC(=O)CCOc2ccc(Cl)cc2)sc1C(=O)OC(C)C. The van der Waals surface area contributed by atoms with Crippen molar-refractivity contribution in [2.75, 3.05) is 11.9 Å². The molecule has 0 bridgehead atoms. The molecule has 0 unspecified atom stereocenters. The van der Waals surface area contributed by atoms with E-state index in [1.807, 2.05) is 0 Å². The van der Waals surface area contributed by atoms with Crippen LogP contribution in [-0.2, 0) is 9.53 Å². The average Bonchev–Trinajstić information content (AvgIpc) is 2.89. The lowest BCUT2D eigenvalue weighted by Crippen LogP contribution is -2.15. The van der Waals surface area contributed by atoms with Crippen molar-refractivity contribution in [3.05, 3.63) is 39.9 Å². The first-order chi connectivity index (χ1) is 11.8. The second-order valence-corrected chi connectivity index (χ2v) is 6.92. The number of carbonyl (C=O) groups is 2. The topological polar surface area (TPSA) is 77.5 Å². The van der Waals surface area contributed by atoms with Gasteiger partial charge in [-0.2, -0.15) is 0 Å². The lowest BCUT2D eigenvalue weighted by Gasteiger charge is -2.06. The quantitative estimate of drug-likeness (QED) is 0.730. The number of esters is 1. The van der Waals surface area contributed by atoms with E-state index in [-0.39, 0.29) is 25.0 Å². The van der Waals surface area contributed by atoms with E-state index in [9.17, 15) is 9.59 Å². The van der Waals surface area contributed by atoms with Crippen molar-refractivity contribution in [1.82, 2.24) is 4.98 Å². The molecular formula is C17H19ClN2O4S. The van der Waals surface area contributed by atoms with E-state index < -0.39 is 5.97 Å². The highest BCUT2D eigenvalue weighted by atomic mass is 35.5. The van der Waals surface area contributed by atoms with Gasteiger partial charge in [0.25, 0.3) is 0 Å². The van der Waals surface area contributed by atoms with Crippen molar-refractivity contribution in [1.29, 1.82) is 0 Å². The number of ether oxygens (including phenoxy) is 2. The molecule has 0 spiro atoms. The Labute approximate surface area is 155 Å². The maximum absolute atomic E-state index is 12.0. The van der Waals surface area contributed by atoms with Gasteiger partial charge in [-0.15, -0.1) is 0 Å². The van der Waals surface area contributed by atoms with Gasteiger partial charge in [0.1, 0.15) is 10.6 Å². The van der Waals surface area contributed by atoms with Crippen LogP contribution in [0.5, 0.6) is 5.75 Å². The molecule has 0 aliphatic heterocycles. The minimum Gasteiger partial charge on any atom is -0.493 e. The van der Waals surface area contributed by atoms with E-state index in [0.717, 1.165) is 11.3 Å². The van der Waals surface area contributed by atoms with Crippen LogP contribution in [-0.4, -0.2) is 29.6 Å². The normalized spacial score (nSPS) is 10.6. The predicted molar refractivity (Wildman–Crippen MR) is 97.6 cm³/mol. The lowest BCUT2D eigenvalue weighted by molar-refractivity contribution is -0.116. The summed E-state index contributed by atoms with van der Waals surface area (Å²) in [5, 5.41) is 3.65. The third-order valence-corrected chi connectivity index (χ3v) is 4.29. The summed E-state index contributed by atoms with van der Waals surface area (Å²) < 4.78 is 10.6. The van der Waals surface area contributed by atoms with Gasteiger partial charge in [-0.05, 0) is 45.0 Å².